The van der Waals surface area contributed by atoms with Gasteiger partial charge in [0.15, 0.2) is 0 Å². The number of hydrogen-bond donors (Lipinski definition) is 0. The highest BCUT2D eigenvalue weighted by Gasteiger charge is 2.55. The van der Waals surface area contributed by atoms with Crippen LogP contribution in [0.5, 0.6) is 11.5 Å². The standard InChI is InChI=1S/C23H30O2/c1-6-7-8-20-15-23(20,18-9-11-21(24-4)16(2)13-18)19-10-12-22(25-5)17(3)14-19/h9-14,20H,6-8,15H2,1-5H3. The van der Waals surface area contributed by atoms with Crippen LogP contribution in [0.25, 0.3) is 0 Å². The van der Waals surface area contributed by atoms with Crippen molar-refractivity contribution in [1.29, 1.82) is 0 Å². The first-order valence-electron chi connectivity index (χ1n) is 9.37. The third-order valence-electron chi connectivity index (χ3n) is 5.83. The van der Waals surface area contributed by atoms with E-state index in [9.17, 15) is 0 Å². The molecular weight excluding hydrogens is 308 g/mol. The molecule has 3 rings (SSSR count). The van der Waals surface area contributed by atoms with Crippen LogP contribution in [0.2, 0.25) is 0 Å². The molecule has 25 heavy (non-hydrogen) atoms. The maximum atomic E-state index is 5.46. The molecule has 0 radical (unpaired) electrons. The van der Waals surface area contributed by atoms with Gasteiger partial charge in [-0.3, -0.25) is 0 Å². The lowest BCUT2D eigenvalue weighted by Crippen LogP contribution is -2.13. The van der Waals surface area contributed by atoms with E-state index in [4.69, 9.17) is 9.47 Å². The van der Waals surface area contributed by atoms with Gasteiger partial charge < -0.3 is 9.47 Å². The highest BCUT2D eigenvalue weighted by Crippen LogP contribution is 2.61. The molecule has 0 saturated heterocycles. The topological polar surface area (TPSA) is 18.5 Å². The van der Waals surface area contributed by atoms with Gasteiger partial charge in [0.05, 0.1) is 14.2 Å². The SMILES string of the molecule is CCCCC1CC1(c1ccc(OC)c(C)c1)c1ccc(OC)c(C)c1. The Morgan fingerprint density at radius 3 is 1.84 bits per heavy atom. The van der Waals surface area contributed by atoms with Gasteiger partial charge in [-0.2, -0.15) is 0 Å². The van der Waals surface area contributed by atoms with Gasteiger partial charge in [-0.25, -0.2) is 0 Å². The Kier molecular flexibility index (Phi) is 5.08. The van der Waals surface area contributed by atoms with E-state index in [-0.39, 0.29) is 5.41 Å². The second kappa shape index (κ2) is 7.11. The van der Waals surface area contributed by atoms with Gasteiger partial charge in [0, 0.05) is 5.41 Å². The summed E-state index contributed by atoms with van der Waals surface area (Å²) < 4.78 is 10.9. The van der Waals surface area contributed by atoms with Crippen molar-refractivity contribution >= 4 is 0 Å². The second-order valence-corrected chi connectivity index (χ2v) is 7.38. The summed E-state index contributed by atoms with van der Waals surface area (Å²) >= 11 is 0. The summed E-state index contributed by atoms with van der Waals surface area (Å²) in [5.41, 5.74) is 5.44. The molecule has 134 valence electrons. The largest absolute Gasteiger partial charge is 0.496 e. The highest BCUT2D eigenvalue weighted by atomic mass is 16.5. The molecule has 2 nitrogen and oxygen atoms in total. The van der Waals surface area contributed by atoms with Crippen molar-refractivity contribution in [2.45, 2.75) is 51.9 Å². The van der Waals surface area contributed by atoms with Crippen molar-refractivity contribution < 1.29 is 9.47 Å². The van der Waals surface area contributed by atoms with Crippen LogP contribution in [0.4, 0.5) is 0 Å². The zero-order valence-electron chi connectivity index (χ0n) is 16.2. The number of hydrogen-bond acceptors (Lipinski definition) is 2. The van der Waals surface area contributed by atoms with E-state index in [2.05, 4.69) is 57.2 Å². The molecule has 2 aromatic rings. The maximum Gasteiger partial charge on any atom is 0.121 e. The molecule has 2 heteroatoms. The third kappa shape index (κ3) is 3.15. The molecule has 0 bridgehead atoms. The molecule has 1 aliphatic rings. The van der Waals surface area contributed by atoms with Crippen molar-refractivity contribution in [2.75, 3.05) is 14.2 Å². The predicted molar refractivity (Wildman–Crippen MR) is 104 cm³/mol. The van der Waals surface area contributed by atoms with Crippen LogP contribution in [0.1, 0.15) is 54.9 Å². The maximum absolute atomic E-state index is 5.46. The molecule has 0 aliphatic heterocycles. The fraction of sp³-hybridized carbons (Fsp3) is 0.478. The van der Waals surface area contributed by atoms with E-state index >= 15 is 0 Å². The summed E-state index contributed by atoms with van der Waals surface area (Å²) in [5.74, 6) is 2.67. The number of benzene rings is 2. The molecule has 1 saturated carbocycles. The van der Waals surface area contributed by atoms with Crippen LogP contribution in [0, 0.1) is 19.8 Å². The Hall–Kier alpha value is -1.96. The fourth-order valence-corrected chi connectivity index (χ4v) is 4.31. The quantitative estimate of drug-likeness (QED) is 0.633. The van der Waals surface area contributed by atoms with Crippen molar-refractivity contribution in [3.63, 3.8) is 0 Å². The zero-order valence-corrected chi connectivity index (χ0v) is 16.2. The molecule has 0 aromatic heterocycles. The average molecular weight is 338 g/mol. The average Bonchev–Trinajstić information content (AvgIpc) is 3.35. The van der Waals surface area contributed by atoms with Crippen LogP contribution in [-0.4, -0.2) is 14.2 Å². The predicted octanol–water partition coefficient (Wildman–Crippen LogP) is 5.82. The molecule has 1 aliphatic carbocycles. The summed E-state index contributed by atoms with van der Waals surface area (Å²) in [6.07, 6.45) is 5.10. The molecule has 1 fully saturated rings. The van der Waals surface area contributed by atoms with E-state index in [1.54, 1.807) is 14.2 Å². The molecule has 0 heterocycles. The lowest BCUT2D eigenvalue weighted by molar-refractivity contribution is 0.411. The van der Waals surface area contributed by atoms with Crippen LogP contribution in [0.15, 0.2) is 36.4 Å². The van der Waals surface area contributed by atoms with E-state index in [0.717, 1.165) is 17.4 Å². The Morgan fingerprint density at radius 2 is 1.44 bits per heavy atom. The number of ether oxygens (including phenoxy) is 2. The molecule has 2 aromatic carbocycles. The van der Waals surface area contributed by atoms with E-state index in [1.165, 1.54) is 47.9 Å². The molecule has 0 amide bonds. The molecule has 1 atom stereocenters. The smallest absolute Gasteiger partial charge is 0.121 e. The minimum absolute atomic E-state index is 0.156. The number of aryl methyl sites for hydroxylation is 2. The second-order valence-electron chi connectivity index (χ2n) is 7.38. The van der Waals surface area contributed by atoms with Crippen LogP contribution >= 0.6 is 0 Å². The van der Waals surface area contributed by atoms with Gasteiger partial charge in [-0.05, 0) is 67.0 Å². The minimum Gasteiger partial charge on any atom is -0.496 e. The van der Waals surface area contributed by atoms with Crippen molar-refractivity contribution in [3.05, 3.63) is 58.7 Å². The number of methoxy groups -OCH3 is 2. The van der Waals surface area contributed by atoms with Crippen molar-refractivity contribution in [2.24, 2.45) is 5.92 Å². The van der Waals surface area contributed by atoms with Crippen LogP contribution < -0.4 is 9.47 Å². The van der Waals surface area contributed by atoms with Gasteiger partial charge in [0.2, 0.25) is 0 Å². The van der Waals surface area contributed by atoms with Gasteiger partial charge in [0.1, 0.15) is 11.5 Å². The zero-order chi connectivity index (χ0) is 18.0. The first kappa shape index (κ1) is 17.8. The lowest BCUT2D eigenvalue weighted by atomic mass is 9.83. The lowest BCUT2D eigenvalue weighted by Gasteiger charge is -2.22. The van der Waals surface area contributed by atoms with Gasteiger partial charge in [-0.1, -0.05) is 44.0 Å². The van der Waals surface area contributed by atoms with Gasteiger partial charge in [0.25, 0.3) is 0 Å². The third-order valence-corrected chi connectivity index (χ3v) is 5.83. The summed E-state index contributed by atoms with van der Waals surface area (Å²) in [5, 5.41) is 0. The van der Waals surface area contributed by atoms with Crippen LogP contribution in [-0.2, 0) is 5.41 Å². The summed E-state index contributed by atoms with van der Waals surface area (Å²) in [6.45, 7) is 6.55. The fourth-order valence-electron chi connectivity index (χ4n) is 4.31. The Morgan fingerprint density at radius 1 is 0.920 bits per heavy atom. The first-order valence-corrected chi connectivity index (χ1v) is 9.37. The van der Waals surface area contributed by atoms with Crippen molar-refractivity contribution in [3.8, 4) is 11.5 Å². The molecule has 0 N–H and O–H groups in total. The summed E-state index contributed by atoms with van der Waals surface area (Å²) in [4.78, 5) is 0. The summed E-state index contributed by atoms with van der Waals surface area (Å²) in [6, 6.07) is 13.4. The van der Waals surface area contributed by atoms with Gasteiger partial charge >= 0.3 is 0 Å². The Balaban J connectivity index is 2.03. The molecule has 0 spiro atoms. The highest BCUT2D eigenvalue weighted by molar-refractivity contribution is 5.52. The van der Waals surface area contributed by atoms with Crippen LogP contribution in [0.3, 0.4) is 0 Å². The number of unbranched alkanes of at least 4 members (excludes halogenated alkanes) is 1. The summed E-state index contributed by atoms with van der Waals surface area (Å²) in [7, 11) is 3.48. The van der Waals surface area contributed by atoms with E-state index in [0.29, 0.717) is 0 Å². The monoisotopic (exact) mass is 338 g/mol. The number of rotatable bonds is 7. The Bertz CT molecular complexity index is 694. The Labute approximate surface area is 152 Å². The van der Waals surface area contributed by atoms with E-state index in [1.807, 2.05) is 0 Å². The van der Waals surface area contributed by atoms with Crippen molar-refractivity contribution in [1.82, 2.24) is 0 Å². The minimum atomic E-state index is 0.156. The molecule has 1 unspecified atom stereocenters. The van der Waals surface area contributed by atoms with E-state index < -0.39 is 0 Å². The van der Waals surface area contributed by atoms with Gasteiger partial charge in [-0.15, -0.1) is 0 Å². The molecular formula is C23H30O2. The first-order chi connectivity index (χ1) is 12.1. The normalized spacial score (nSPS) is 18.0.